The number of nitrogens with two attached hydrogens (primary N) is 1. The lowest BCUT2D eigenvalue weighted by Crippen LogP contribution is -2.35. The molecule has 4 N–H and O–H groups in total. The number of aromatic hydroxyl groups is 2. The molecule has 156 valence electrons. The van der Waals surface area contributed by atoms with Crippen molar-refractivity contribution in [2.45, 2.75) is 33.6 Å². The molecule has 1 amide bonds. The Morgan fingerprint density at radius 1 is 1.07 bits per heavy atom. The van der Waals surface area contributed by atoms with E-state index in [0.717, 1.165) is 40.9 Å². The molecule has 0 fully saturated rings. The molecule has 0 atom stereocenters. The number of rotatable bonds is 2. The van der Waals surface area contributed by atoms with Gasteiger partial charge in [0.15, 0.2) is 0 Å². The van der Waals surface area contributed by atoms with E-state index in [-0.39, 0.29) is 23.0 Å². The molecule has 2 aromatic carbocycles. The number of amides is 1. The van der Waals surface area contributed by atoms with Crippen LogP contribution in [0.4, 0.5) is 11.5 Å². The van der Waals surface area contributed by atoms with Crippen molar-refractivity contribution in [3.8, 4) is 22.6 Å². The van der Waals surface area contributed by atoms with Gasteiger partial charge in [-0.1, -0.05) is 19.9 Å². The maximum atomic E-state index is 13.0. The van der Waals surface area contributed by atoms with Crippen LogP contribution in [0.1, 0.15) is 41.9 Å². The summed E-state index contributed by atoms with van der Waals surface area (Å²) < 4.78 is 0. The third kappa shape index (κ3) is 4.08. The third-order valence-electron chi connectivity index (χ3n) is 5.07. The molecule has 30 heavy (non-hydrogen) atoms. The summed E-state index contributed by atoms with van der Waals surface area (Å²) in [7, 11) is 0. The summed E-state index contributed by atoms with van der Waals surface area (Å²) in [6, 6.07) is 13.8. The monoisotopic (exact) mass is 405 g/mol. The van der Waals surface area contributed by atoms with Crippen LogP contribution in [-0.4, -0.2) is 27.6 Å². The normalized spacial score (nSPS) is 12.6. The number of nitrogens with zero attached hydrogens (tertiary/aromatic N) is 2. The van der Waals surface area contributed by atoms with Gasteiger partial charge in [0.1, 0.15) is 17.3 Å². The highest BCUT2D eigenvalue weighted by atomic mass is 16.3. The van der Waals surface area contributed by atoms with Gasteiger partial charge in [0.2, 0.25) is 0 Å². The predicted octanol–water partition coefficient (Wildman–Crippen LogP) is 4.67. The molecule has 3 aromatic rings. The molecule has 0 radical (unpaired) electrons. The highest BCUT2D eigenvalue weighted by molar-refractivity contribution is 6.08. The molecule has 0 saturated carbocycles. The lowest BCUT2D eigenvalue weighted by atomic mass is 9.95. The van der Waals surface area contributed by atoms with Crippen molar-refractivity contribution in [3.63, 3.8) is 0 Å². The molecule has 0 saturated heterocycles. The van der Waals surface area contributed by atoms with Crippen molar-refractivity contribution in [2.24, 2.45) is 0 Å². The number of pyridine rings is 1. The molecule has 0 bridgehead atoms. The summed E-state index contributed by atoms with van der Waals surface area (Å²) in [5, 5.41) is 19.5. The topological polar surface area (TPSA) is 99.7 Å². The molecule has 2 heterocycles. The zero-order valence-electron chi connectivity index (χ0n) is 17.5. The maximum absolute atomic E-state index is 13.0. The summed E-state index contributed by atoms with van der Waals surface area (Å²) in [4.78, 5) is 19.0. The number of hydrogen-bond donors (Lipinski definition) is 3. The number of benzene rings is 2. The minimum absolute atomic E-state index is 0.0785. The van der Waals surface area contributed by atoms with E-state index in [1.807, 2.05) is 39.0 Å². The fourth-order valence-corrected chi connectivity index (χ4v) is 3.71. The Hall–Kier alpha value is -3.54. The molecule has 0 unspecified atom stereocenters. The van der Waals surface area contributed by atoms with Crippen LogP contribution < -0.4 is 10.6 Å². The van der Waals surface area contributed by atoms with Crippen LogP contribution in [0, 0.1) is 6.92 Å². The zero-order valence-corrected chi connectivity index (χ0v) is 17.5. The SMILES string of the molecule is CC.Cc1nc(N)ccc1-c1ccc2c(c1)CCCN2C(=O)c1ccc(O)cc1O. The molecule has 1 aliphatic heterocycles. The summed E-state index contributed by atoms with van der Waals surface area (Å²) in [5.74, 6) is -0.0938. The first-order chi connectivity index (χ1) is 14.4. The van der Waals surface area contributed by atoms with Gasteiger partial charge in [-0.15, -0.1) is 0 Å². The summed E-state index contributed by atoms with van der Waals surface area (Å²) >= 11 is 0. The Morgan fingerprint density at radius 3 is 2.53 bits per heavy atom. The number of carbonyl (C=O) groups is 1. The van der Waals surface area contributed by atoms with E-state index in [1.54, 1.807) is 11.0 Å². The first-order valence-electron chi connectivity index (χ1n) is 10.1. The van der Waals surface area contributed by atoms with Crippen LogP contribution in [0.25, 0.3) is 11.1 Å². The van der Waals surface area contributed by atoms with E-state index in [2.05, 4.69) is 11.1 Å². The van der Waals surface area contributed by atoms with E-state index in [4.69, 9.17) is 5.73 Å². The van der Waals surface area contributed by atoms with Crippen molar-refractivity contribution in [1.82, 2.24) is 4.98 Å². The number of nitrogen functional groups attached to an aromatic ring is 1. The van der Waals surface area contributed by atoms with Crippen molar-refractivity contribution in [3.05, 3.63) is 65.4 Å². The summed E-state index contributed by atoms with van der Waals surface area (Å²) in [6.45, 7) is 6.50. The van der Waals surface area contributed by atoms with Crippen LogP contribution >= 0.6 is 0 Å². The van der Waals surface area contributed by atoms with Crippen LogP contribution in [0.5, 0.6) is 11.5 Å². The van der Waals surface area contributed by atoms with E-state index in [9.17, 15) is 15.0 Å². The average Bonchev–Trinajstić information content (AvgIpc) is 2.74. The Kier molecular flexibility index (Phi) is 6.26. The minimum atomic E-state index is -0.281. The second-order valence-electron chi connectivity index (χ2n) is 6.97. The van der Waals surface area contributed by atoms with Gasteiger partial charge in [-0.2, -0.15) is 0 Å². The van der Waals surface area contributed by atoms with Crippen LogP contribution in [0.3, 0.4) is 0 Å². The lowest BCUT2D eigenvalue weighted by Gasteiger charge is -2.30. The molecular weight excluding hydrogens is 378 g/mol. The van der Waals surface area contributed by atoms with E-state index in [0.29, 0.717) is 12.4 Å². The predicted molar refractivity (Wildman–Crippen MR) is 120 cm³/mol. The number of fused-ring (bicyclic) bond motifs is 1. The molecule has 0 aliphatic carbocycles. The van der Waals surface area contributed by atoms with Gasteiger partial charge in [-0.3, -0.25) is 4.79 Å². The first-order valence-corrected chi connectivity index (χ1v) is 10.1. The fourth-order valence-electron chi connectivity index (χ4n) is 3.71. The average molecular weight is 405 g/mol. The number of phenolic OH excluding ortho intramolecular Hbond substituents is 2. The molecule has 6 nitrogen and oxygen atoms in total. The highest BCUT2D eigenvalue weighted by Crippen LogP contribution is 2.34. The Labute approximate surface area is 176 Å². The zero-order chi connectivity index (χ0) is 21.8. The second kappa shape index (κ2) is 8.86. The van der Waals surface area contributed by atoms with Gasteiger partial charge in [-0.05, 0) is 67.3 Å². The molecule has 0 spiro atoms. The fraction of sp³-hybridized carbons (Fsp3) is 0.250. The van der Waals surface area contributed by atoms with Gasteiger partial charge in [0.25, 0.3) is 5.91 Å². The Balaban J connectivity index is 0.00000124. The van der Waals surface area contributed by atoms with Crippen molar-refractivity contribution >= 4 is 17.4 Å². The van der Waals surface area contributed by atoms with E-state index >= 15 is 0 Å². The molecule has 6 heteroatoms. The number of aromatic nitrogens is 1. The van der Waals surface area contributed by atoms with E-state index in [1.165, 1.54) is 18.2 Å². The van der Waals surface area contributed by atoms with Crippen molar-refractivity contribution < 1.29 is 15.0 Å². The maximum Gasteiger partial charge on any atom is 0.262 e. The Morgan fingerprint density at radius 2 is 1.83 bits per heavy atom. The molecule has 1 aromatic heterocycles. The van der Waals surface area contributed by atoms with Gasteiger partial charge >= 0.3 is 0 Å². The van der Waals surface area contributed by atoms with Gasteiger partial charge < -0.3 is 20.8 Å². The summed E-state index contributed by atoms with van der Waals surface area (Å²) in [6.07, 6.45) is 1.70. The van der Waals surface area contributed by atoms with Gasteiger partial charge in [0.05, 0.1) is 5.56 Å². The largest absolute Gasteiger partial charge is 0.508 e. The third-order valence-corrected chi connectivity index (χ3v) is 5.07. The first kappa shape index (κ1) is 21.2. The molecule has 1 aliphatic rings. The number of hydrogen-bond acceptors (Lipinski definition) is 5. The number of carbonyl (C=O) groups excluding carboxylic acids is 1. The van der Waals surface area contributed by atoms with Crippen LogP contribution in [-0.2, 0) is 6.42 Å². The number of aryl methyl sites for hydroxylation is 2. The van der Waals surface area contributed by atoms with Crippen LogP contribution in [0.2, 0.25) is 0 Å². The Bertz CT molecular complexity index is 1080. The smallest absolute Gasteiger partial charge is 0.262 e. The second-order valence-corrected chi connectivity index (χ2v) is 6.97. The van der Waals surface area contributed by atoms with Crippen LogP contribution in [0.15, 0.2) is 48.5 Å². The minimum Gasteiger partial charge on any atom is -0.508 e. The lowest BCUT2D eigenvalue weighted by molar-refractivity contribution is 0.0982. The van der Waals surface area contributed by atoms with Crippen molar-refractivity contribution in [1.29, 1.82) is 0 Å². The quantitative estimate of drug-likeness (QED) is 0.575. The highest BCUT2D eigenvalue weighted by Gasteiger charge is 2.26. The van der Waals surface area contributed by atoms with Gasteiger partial charge in [0, 0.05) is 29.6 Å². The van der Waals surface area contributed by atoms with Gasteiger partial charge in [-0.25, -0.2) is 4.98 Å². The number of phenols is 2. The van der Waals surface area contributed by atoms with E-state index < -0.39 is 0 Å². The molecule has 4 rings (SSSR count). The van der Waals surface area contributed by atoms with Crippen molar-refractivity contribution in [2.75, 3.05) is 17.2 Å². The molecular formula is C24H27N3O3. The summed E-state index contributed by atoms with van der Waals surface area (Å²) in [5.41, 5.74) is 10.7. The standard InChI is InChI=1S/C22H21N3O3.C2H6/c1-13-17(7-9-21(23)24-13)14-4-8-19-15(11-14)3-2-10-25(19)22(28)18-6-5-16(26)12-20(18)27;1-2/h4-9,11-12,26-27H,2-3,10H2,1H3,(H2,23,24);1-2H3. The number of anilines is 2.